The molecule has 6 nitrogen and oxygen atoms in total. The second-order valence-electron chi connectivity index (χ2n) is 6.25. The Morgan fingerprint density at radius 2 is 1.78 bits per heavy atom. The van der Waals surface area contributed by atoms with Crippen LogP contribution in [0.4, 0.5) is 0 Å². The van der Waals surface area contributed by atoms with E-state index in [2.05, 4.69) is 21.4 Å². The molecule has 27 heavy (non-hydrogen) atoms. The lowest BCUT2D eigenvalue weighted by atomic mass is 10.1. The van der Waals surface area contributed by atoms with E-state index in [1.54, 1.807) is 10.9 Å². The van der Waals surface area contributed by atoms with Crippen LogP contribution >= 0.6 is 0 Å². The Hall–Kier alpha value is -3.72. The summed E-state index contributed by atoms with van der Waals surface area (Å²) in [6, 6.07) is 19.9. The lowest BCUT2D eigenvalue weighted by Gasteiger charge is -2.00. The van der Waals surface area contributed by atoms with Crippen LogP contribution in [-0.4, -0.2) is 20.0 Å². The van der Waals surface area contributed by atoms with E-state index in [0.29, 0.717) is 36.0 Å². The molecular weight excluding hydrogens is 338 g/mol. The maximum Gasteiger partial charge on any atom is 0.247 e. The van der Waals surface area contributed by atoms with Crippen LogP contribution in [0.2, 0.25) is 0 Å². The second kappa shape index (κ2) is 7.26. The summed E-state index contributed by atoms with van der Waals surface area (Å²) in [6.45, 7) is 2.58. The largest absolute Gasteiger partial charge is 0.421 e. The number of aromatic nitrogens is 4. The average molecular weight is 355 g/mol. The summed E-state index contributed by atoms with van der Waals surface area (Å²) in [5, 5.41) is 22.2. The van der Waals surface area contributed by atoms with Crippen molar-refractivity contribution in [3.05, 3.63) is 77.8 Å². The Balaban J connectivity index is 1.50. The lowest BCUT2D eigenvalue weighted by molar-refractivity contribution is 0.475. The van der Waals surface area contributed by atoms with Gasteiger partial charge in [-0.05, 0) is 19.1 Å². The molecule has 0 aliphatic carbocycles. The number of nitriles is 1. The van der Waals surface area contributed by atoms with E-state index in [9.17, 15) is 5.26 Å². The van der Waals surface area contributed by atoms with Gasteiger partial charge in [-0.25, -0.2) is 0 Å². The van der Waals surface area contributed by atoms with E-state index in [1.165, 1.54) is 5.56 Å². The fourth-order valence-corrected chi connectivity index (χ4v) is 2.80. The standard InChI is InChI=1S/C21H17N5O/c1-15-7-9-16(10-8-15)20-18(13-22)14-26(25-20)12-11-19-23-24-21(27-19)17-5-3-2-4-6-17/h2-10,14H,11-12H2,1H3. The van der Waals surface area contributed by atoms with Crippen molar-refractivity contribution in [3.8, 4) is 28.8 Å². The highest BCUT2D eigenvalue weighted by atomic mass is 16.4. The van der Waals surface area contributed by atoms with Gasteiger partial charge in [-0.2, -0.15) is 10.4 Å². The van der Waals surface area contributed by atoms with Gasteiger partial charge in [0.25, 0.3) is 0 Å². The molecule has 0 radical (unpaired) electrons. The molecule has 0 bridgehead atoms. The molecule has 0 fully saturated rings. The van der Waals surface area contributed by atoms with Gasteiger partial charge in [0.2, 0.25) is 11.8 Å². The van der Waals surface area contributed by atoms with Gasteiger partial charge in [0.15, 0.2) is 0 Å². The Kier molecular flexibility index (Phi) is 4.50. The summed E-state index contributed by atoms with van der Waals surface area (Å²) in [5.74, 6) is 1.05. The van der Waals surface area contributed by atoms with Gasteiger partial charge in [-0.3, -0.25) is 4.68 Å². The molecule has 0 amide bonds. The highest BCUT2D eigenvalue weighted by molar-refractivity contribution is 5.66. The zero-order chi connectivity index (χ0) is 18.6. The fraction of sp³-hybridized carbons (Fsp3) is 0.143. The summed E-state index contributed by atoms with van der Waals surface area (Å²) >= 11 is 0. The normalized spacial score (nSPS) is 10.7. The van der Waals surface area contributed by atoms with Gasteiger partial charge < -0.3 is 4.42 Å². The van der Waals surface area contributed by atoms with Gasteiger partial charge >= 0.3 is 0 Å². The topological polar surface area (TPSA) is 80.5 Å². The third-order valence-corrected chi connectivity index (χ3v) is 4.25. The monoisotopic (exact) mass is 355 g/mol. The van der Waals surface area contributed by atoms with Crippen molar-refractivity contribution in [2.24, 2.45) is 0 Å². The van der Waals surface area contributed by atoms with Crippen LogP contribution in [0.15, 0.2) is 65.2 Å². The number of hydrogen-bond acceptors (Lipinski definition) is 5. The number of aryl methyl sites for hydroxylation is 3. The Morgan fingerprint density at radius 3 is 2.52 bits per heavy atom. The summed E-state index contributed by atoms with van der Waals surface area (Å²) in [5.41, 5.74) is 4.23. The van der Waals surface area contributed by atoms with E-state index in [4.69, 9.17) is 4.42 Å². The van der Waals surface area contributed by atoms with E-state index in [0.717, 1.165) is 11.1 Å². The van der Waals surface area contributed by atoms with Crippen LogP contribution in [0, 0.1) is 18.3 Å². The molecule has 0 N–H and O–H groups in total. The summed E-state index contributed by atoms with van der Waals surface area (Å²) in [6.07, 6.45) is 2.30. The first-order valence-electron chi connectivity index (χ1n) is 8.65. The minimum absolute atomic E-state index is 0.504. The zero-order valence-corrected chi connectivity index (χ0v) is 14.8. The molecule has 2 aromatic carbocycles. The van der Waals surface area contributed by atoms with Crippen LogP contribution in [0.25, 0.3) is 22.7 Å². The highest BCUT2D eigenvalue weighted by Gasteiger charge is 2.13. The number of nitrogens with zero attached hydrogens (tertiary/aromatic N) is 5. The van der Waals surface area contributed by atoms with Gasteiger partial charge in [-0.1, -0.05) is 48.0 Å². The van der Waals surface area contributed by atoms with Crippen LogP contribution < -0.4 is 0 Å². The molecule has 0 atom stereocenters. The third-order valence-electron chi connectivity index (χ3n) is 4.25. The number of hydrogen-bond donors (Lipinski definition) is 0. The minimum atomic E-state index is 0.504. The molecular formula is C21H17N5O. The first-order chi connectivity index (χ1) is 13.2. The van der Waals surface area contributed by atoms with Gasteiger partial charge in [0.1, 0.15) is 11.8 Å². The second-order valence-corrected chi connectivity index (χ2v) is 6.25. The van der Waals surface area contributed by atoms with E-state index in [1.807, 2.05) is 61.5 Å². The van der Waals surface area contributed by atoms with E-state index < -0.39 is 0 Å². The van der Waals surface area contributed by atoms with E-state index >= 15 is 0 Å². The lowest BCUT2D eigenvalue weighted by Crippen LogP contribution is -2.02. The molecule has 4 aromatic rings. The molecule has 2 heterocycles. The Labute approximate surface area is 156 Å². The van der Waals surface area contributed by atoms with Crippen LogP contribution in [-0.2, 0) is 13.0 Å². The summed E-state index contributed by atoms with van der Waals surface area (Å²) < 4.78 is 7.47. The van der Waals surface area contributed by atoms with Gasteiger partial charge in [0, 0.05) is 30.3 Å². The molecule has 4 rings (SSSR count). The van der Waals surface area contributed by atoms with Crippen LogP contribution in [0.3, 0.4) is 0 Å². The van der Waals surface area contributed by atoms with Crippen LogP contribution in [0.5, 0.6) is 0 Å². The molecule has 0 spiro atoms. The van der Waals surface area contributed by atoms with Crippen molar-refractivity contribution in [3.63, 3.8) is 0 Å². The quantitative estimate of drug-likeness (QED) is 0.540. The predicted octanol–water partition coefficient (Wildman–Crippen LogP) is 4.02. The van der Waals surface area contributed by atoms with Gasteiger partial charge in [-0.15, -0.1) is 10.2 Å². The van der Waals surface area contributed by atoms with Gasteiger partial charge in [0.05, 0.1) is 5.56 Å². The summed E-state index contributed by atoms with van der Waals surface area (Å²) in [7, 11) is 0. The first-order valence-corrected chi connectivity index (χ1v) is 8.65. The van der Waals surface area contributed by atoms with Crippen LogP contribution in [0.1, 0.15) is 17.0 Å². The number of rotatable bonds is 5. The Morgan fingerprint density at radius 1 is 1.00 bits per heavy atom. The third kappa shape index (κ3) is 3.62. The highest BCUT2D eigenvalue weighted by Crippen LogP contribution is 2.22. The van der Waals surface area contributed by atoms with Crippen molar-refractivity contribution in [2.75, 3.05) is 0 Å². The molecule has 0 saturated heterocycles. The smallest absolute Gasteiger partial charge is 0.247 e. The predicted molar refractivity (Wildman–Crippen MR) is 101 cm³/mol. The molecule has 0 saturated carbocycles. The maximum absolute atomic E-state index is 9.42. The van der Waals surface area contributed by atoms with Crippen molar-refractivity contribution < 1.29 is 4.42 Å². The maximum atomic E-state index is 9.42. The average Bonchev–Trinajstić information content (AvgIpc) is 3.35. The molecule has 0 aliphatic rings. The number of benzene rings is 2. The SMILES string of the molecule is Cc1ccc(-c2nn(CCc3nnc(-c4ccccc4)o3)cc2C#N)cc1. The van der Waals surface area contributed by atoms with Crippen molar-refractivity contribution in [2.45, 2.75) is 19.9 Å². The molecule has 132 valence electrons. The van der Waals surface area contributed by atoms with Crippen molar-refractivity contribution in [1.29, 1.82) is 5.26 Å². The summed E-state index contributed by atoms with van der Waals surface area (Å²) in [4.78, 5) is 0. The van der Waals surface area contributed by atoms with Crippen molar-refractivity contribution >= 4 is 0 Å². The molecule has 6 heteroatoms. The zero-order valence-electron chi connectivity index (χ0n) is 14.8. The van der Waals surface area contributed by atoms with Crippen molar-refractivity contribution in [1.82, 2.24) is 20.0 Å². The Bertz CT molecular complexity index is 1090. The minimum Gasteiger partial charge on any atom is -0.421 e. The van der Waals surface area contributed by atoms with E-state index in [-0.39, 0.29) is 0 Å². The molecule has 0 unspecified atom stereocenters. The fourth-order valence-electron chi connectivity index (χ4n) is 2.80. The first kappa shape index (κ1) is 16.7. The molecule has 2 aromatic heterocycles. The molecule has 0 aliphatic heterocycles.